The molecule has 26 heavy (non-hydrogen) atoms. The van der Waals surface area contributed by atoms with Gasteiger partial charge in [0.25, 0.3) is 5.91 Å². The van der Waals surface area contributed by atoms with Gasteiger partial charge in [0.15, 0.2) is 0 Å². The summed E-state index contributed by atoms with van der Waals surface area (Å²) in [4.78, 5) is 12.2. The Bertz CT molecular complexity index is 952. The Morgan fingerprint density at radius 2 is 1.96 bits per heavy atom. The molecule has 1 amide bonds. The monoisotopic (exact) mass is 416 g/mol. The highest BCUT2D eigenvalue weighted by molar-refractivity contribution is 9.10. The molecule has 2 aromatic carbocycles. The number of hydrogen-bond acceptors (Lipinski definition) is 4. The third kappa shape index (κ3) is 4.18. The number of amides is 1. The fourth-order valence-corrected chi connectivity index (χ4v) is 2.63. The van der Waals surface area contributed by atoms with Crippen molar-refractivity contribution in [2.24, 2.45) is 5.10 Å². The number of halogens is 2. The van der Waals surface area contributed by atoms with Crippen LogP contribution in [0.15, 0.2) is 68.6 Å². The average molecular weight is 417 g/mol. The third-order valence-corrected chi connectivity index (χ3v) is 4.01. The molecule has 7 heteroatoms. The minimum absolute atomic E-state index is 0.312. The number of ether oxygens (including phenoxy) is 1. The number of rotatable bonds is 5. The second-order valence-corrected chi connectivity index (χ2v) is 6.17. The summed E-state index contributed by atoms with van der Waals surface area (Å²) in [6, 6.07) is 14.5. The first-order valence-electron chi connectivity index (χ1n) is 7.59. The van der Waals surface area contributed by atoms with Crippen LogP contribution in [0.25, 0.3) is 11.3 Å². The summed E-state index contributed by atoms with van der Waals surface area (Å²) in [5, 5.41) is 3.89. The fraction of sp³-hybridized carbons (Fsp3) is 0.0526. The van der Waals surface area contributed by atoms with E-state index in [1.165, 1.54) is 25.5 Å². The Labute approximate surface area is 157 Å². The molecule has 3 aromatic rings. The maximum absolute atomic E-state index is 13.0. The largest absolute Gasteiger partial charge is 0.496 e. The molecule has 0 aliphatic rings. The van der Waals surface area contributed by atoms with Crippen molar-refractivity contribution in [2.45, 2.75) is 0 Å². The summed E-state index contributed by atoms with van der Waals surface area (Å²) in [6.45, 7) is 0. The number of methoxy groups -OCH3 is 1. The zero-order valence-corrected chi connectivity index (χ0v) is 15.3. The Hall–Kier alpha value is -2.93. The highest BCUT2D eigenvalue weighted by Gasteiger charge is 2.12. The number of nitrogens with one attached hydrogen (secondary N) is 1. The molecular formula is C19H14BrFN2O3. The molecule has 0 saturated carbocycles. The van der Waals surface area contributed by atoms with Gasteiger partial charge in [0.2, 0.25) is 0 Å². The van der Waals surface area contributed by atoms with Crippen molar-refractivity contribution in [3.8, 4) is 17.1 Å². The molecule has 0 radical (unpaired) electrons. The molecular weight excluding hydrogens is 403 g/mol. The summed E-state index contributed by atoms with van der Waals surface area (Å²) in [5.41, 5.74) is 3.52. The molecule has 0 aliphatic carbocycles. The highest BCUT2D eigenvalue weighted by atomic mass is 79.9. The summed E-state index contributed by atoms with van der Waals surface area (Å²) >= 11 is 3.32. The van der Waals surface area contributed by atoms with Crippen molar-refractivity contribution in [2.75, 3.05) is 7.11 Å². The lowest BCUT2D eigenvalue weighted by Crippen LogP contribution is -2.18. The standard InChI is InChI=1S/C19H14BrFN2O3/c1-25-18-8-4-13(20)10-16(18)19(24)23-22-11-15-7-9-17(26-15)12-2-5-14(21)6-3-12/h2-11H,1H3,(H,23,24)/b22-11-. The second kappa shape index (κ2) is 7.97. The molecule has 0 spiro atoms. The molecule has 132 valence electrons. The van der Waals surface area contributed by atoms with Gasteiger partial charge in [-0.25, -0.2) is 9.82 Å². The van der Waals surface area contributed by atoms with Crippen molar-refractivity contribution in [3.63, 3.8) is 0 Å². The van der Waals surface area contributed by atoms with Crippen LogP contribution in [0.3, 0.4) is 0 Å². The van der Waals surface area contributed by atoms with E-state index >= 15 is 0 Å². The number of carbonyl (C=O) groups excluding carboxylic acids is 1. The van der Waals surface area contributed by atoms with Crippen molar-refractivity contribution in [1.29, 1.82) is 0 Å². The highest BCUT2D eigenvalue weighted by Crippen LogP contribution is 2.23. The number of hydrazone groups is 1. The summed E-state index contributed by atoms with van der Waals surface area (Å²) < 4.78 is 24.5. The predicted octanol–water partition coefficient (Wildman–Crippen LogP) is 4.62. The topological polar surface area (TPSA) is 63.8 Å². The lowest BCUT2D eigenvalue weighted by Gasteiger charge is -2.07. The van der Waals surface area contributed by atoms with Crippen molar-refractivity contribution < 1.29 is 18.3 Å². The molecule has 5 nitrogen and oxygen atoms in total. The first-order chi connectivity index (χ1) is 12.6. The van der Waals surface area contributed by atoms with E-state index in [1.54, 1.807) is 42.5 Å². The van der Waals surface area contributed by atoms with Gasteiger partial charge in [0, 0.05) is 10.0 Å². The van der Waals surface area contributed by atoms with E-state index in [-0.39, 0.29) is 5.82 Å². The SMILES string of the molecule is COc1ccc(Br)cc1C(=O)N/N=C\c1ccc(-c2ccc(F)cc2)o1. The lowest BCUT2D eigenvalue weighted by atomic mass is 10.2. The Morgan fingerprint density at radius 1 is 1.19 bits per heavy atom. The molecule has 1 heterocycles. The zero-order valence-electron chi connectivity index (χ0n) is 13.7. The molecule has 0 aliphatic heterocycles. The summed E-state index contributed by atoms with van der Waals surface area (Å²) in [5.74, 6) is 0.743. The second-order valence-electron chi connectivity index (χ2n) is 5.25. The van der Waals surface area contributed by atoms with E-state index in [4.69, 9.17) is 9.15 Å². The first-order valence-corrected chi connectivity index (χ1v) is 8.39. The average Bonchev–Trinajstić information content (AvgIpc) is 3.11. The summed E-state index contributed by atoms with van der Waals surface area (Å²) in [6.07, 6.45) is 1.38. The molecule has 1 aromatic heterocycles. The van der Waals surface area contributed by atoms with E-state index in [0.717, 1.165) is 10.0 Å². The zero-order chi connectivity index (χ0) is 18.5. The van der Waals surface area contributed by atoms with Crippen LogP contribution in [0.2, 0.25) is 0 Å². The molecule has 3 rings (SSSR count). The van der Waals surface area contributed by atoms with Gasteiger partial charge >= 0.3 is 0 Å². The number of hydrogen-bond donors (Lipinski definition) is 1. The molecule has 0 bridgehead atoms. The molecule has 0 saturated heterocycles. The Morgan fingerprint density at radius 3 is 2.69 bits per heavy atom. The molecule has 1 N–H and O–H groups in total. The van der Waals surface area contributed by atoms with Crippen LogP contribution in [0.5, 0.6) is 5.75 Å². The van der Waals surface area contributed by atoms with E-state index < -0.39 is 5.91 Å². The lowest BCUT2D eigenvalue weighted by molar-refractivity contribution is 0.0952. The van der Waals surface area contributed by atoms with Crippen LogP contribution in [-0.4, -0.2) is 19.2 Å². The van der Waals surface area contributed by atoms with Crippen molar-refractivity contribution >= 4 is 28.1 Å². The van der Waals surface area contributed by atoms with Crippen LogP contribution >= 0.6 is 15.9 Å². The fourth-order valence-electron chi connectivity index (χ4n) is 2.26. The number of nitrogens with zero attached hydrogens (tertiary/aromatic N) is 1. The first kappa shape index (κ1) is 17.9. The smallest absolute Gasteiger partial charge is 0.275 e. The maximum Gasteiger partial charge on any atom is 0.275 e. The minimum Gasteiger partial charge on any atom is -0.496 e. The van der Waals surface area contributed by atoms with Crippen LogP contribution in [-0.2, 0) is 0 Å². The van der Waals surface area contributed by atoms with Gasteiger partial charge in [-0.3, -0.25) is 4.79 Å². The van der Waals surface area contributed by atoms with Crippen LogP contribution in [0.1, 0.15) is 16.1 Å². The van der Waals surface area contributed by atoms with Gasteiger partial charge in [-0.1, -0.05) is 15.9 Å². The van der Waals surface area contributed by atoms with Gasteiger partial charge in [0.1, 0.15) is 23.1 Å². The molecule has 0 fully saturated rings. The van der Waals surface area contributed by atoms with Gasteiger partial charge < -0.3 is 9.15 Å². The molecule has 0 atom stereocenters. The van der Waals surface area contributed by atoms with Gasteiger partial charge in [-0.2, -0.15) is 5.10 Å². The van der Waals surface area contributed by atoms with E-state index in [1.807, 2.05) is 0 Å². The Kier molecular flexibility index (Phi) is 5.48. The van der Waals surface area contributed by atoms with Gasteiger partial charge in [-0.15, -0.1) is 0 Å². The van der Waals surface area contributed by atoms with Crippen molar-refractivity contribution in [1.82, 2.24) is 5.43 Å². The third-order valence-electron chi connectivity index (χ3n) is 3.52. The van der Waals surface area contributed by atoms with Crippen LogP contribution in [0.4, 0.5) is 4.39 Å². The Balaban J connectivity index is 1.68. The quantitative estimate of drug-likeness (QED) is 0.487. The maximum atomic E-state index is 13.0. The van der Waals surface area contributed by atoms with Crippen LogP contribution in [0, 0.1) is 5.82 Å². The number of benzene rings is 2. The van der Waals surface area contributed by atoms with Gasteiger partial charge in [-0.05, 0) is 54.6 Å². The summed E-state index contributed by atoms with van der Waals surface area (Å²) in [7, 11) is 1.49. The minimum atomic E-state index is -0.412. The normalized spacial score (nSPS) is 10.9. The number of furan rings is 1. The van der Waals surface area contributed by atoms with Crippen LogP contribution < -0.4 is 10.2 Å². The number of carbonyl (C=O) groups is 1. The van der Waals surface area contributed by atoms with Gasteiger partial charge in [0.05, 0.1) is 18.9 Å². The molecule has 0 unspecified atom stereocenters. The van der Waals surface area contributed by atoms with E-state index in [0.29, 0.717) is 22.8 Å². The van der Waals surface area contributed by atoms with E-state index in [2.05, 4.69) is 26.5 Å². The predicted molar refractivity (Wildman–Crippen MR) is 99.9 cm³/mol. The van der Waals surface area contributed by atoms with Crippen molar-refractivity contribution in [3.05, 3.63) is 76.2 Å². The van der Waals surface area contributed by atoms with E-state index in [9.17, 15) is 9.18 Å².